The molecule has 0 radical (unpaired) electrons. The number of rotatable bonds is 2. The van der Waals surface area contributed by atoms with Crippen LogP contribution in [0.4, 0.5) is 0 Å². The van der Waals surface area contributed by atoms with E-state index in [2.05, 4.69) is 31.2 Å². The highest BCUT2D eigenvalue weighted by Crippen LogP contribution is 2.31. The highest BCUT2D eigenvalue weighted by Gasteiger charge is 2.28. The summed E-state index contributed by atoms with van der Waals surface area (Å²) in [6.07, 6.45) is 3.25. The molecule has 2 N–H and O–H groups in total. The number of nitrogens with one attached hydrogen (secondary N) is 2. The zero-order chi connectivity index (χ0) is 12.5. The predicted octanol–water partition coefficient (Wildman–Crippen LogP) is 2.24. The zero-order valence-electron chi connectivity index (χ0n) is 10.9. The Balaban J connectivity index is 2.00. The van der Waals surface area contributed by atoms with Crippen molar-refractivity contribution in [2.24, 2.45) is 5.41 Å². The SMILES string of the molecule is CC(C)(C)C[C@H]1C[C@H](c2cc(=O)[nH]o2)CCN1. The molecule has 0 bridgehead atoms. The Morgan fingerprint density at radius 3 is 2.82 bits per heavy atom. The van der Waals surface area contributed by atoms with Crippen molar-refractivity contribution < 1.29 is 4.52 Å². The second-order valence-electron chi connectivity index (χ2n) is 6.25. The van der Waals surface area contributed by atoms with Crippen molar-refractivity contribution in [2.45, 2.75) is 52.0 Å². The lowest BCUT2D eigenvalue weighted by molar-refractivity contribution is 0.239. The largest absolute Gasteiger partial charge is 0.383 e. The van der Waals surface area contributed by atoms with E-state index in [4.69, 9.17) is 4.52 Å². The quantitative estimate of drug-likeness (QED) is 0.830. The molecule has 4 heteroatoms. The van der Waals surface area contributed by atoms with Gasteiger partial charge in [-0.05, 0) is 31.2 Å². The van der Waals surface area contributed by atoms with Crippen molar-refractivity contribution in [3.8, 4) is 0 Å². The number of aromatic nitrogens is 1. The van der Waals surface area contributed by atoms with Crippen LogP contribution >= 0.6 is 0 Å². The first-order valence-electron chi connectivity index (χ1n) is 6.36. The summed E-state index contributed by atoms with van der Waals surface area (Å²) in [4.78, 5) is 11.1. The van der Waals surface area contributed by atoms with Gasteiger partial charge in [-0.3, -0.25) is 4.79 Å². The van der Waals surface area contributed by atoms with Gasteiger partial charge in [0, 0.05) is 18.0 Å². The summed E-state index contributed by atoms with van der Waals surface area (Å²) in [6.45, 7) is 7.78. The molecule has 1 aromatic rings. The molecular weight excluding hydrogens is 216 g/mol. The molecule has 0 aromatic carbocycles. The summed E-state index contributed by atoms with van der Waals surface area (Å²) in [5.74, 6) is 1.19. The molecule has 4 nitrogen and oxygen atoms in total. The van der Waals surface area contributed by atoms with Crippen molar-refractivity contribution >= 4 is 0 Å². The lowest BCUT2D eigenvalue weighted by Crippen LogP contribution is -2.39. The van der Waals surface area contributed by atoms with Crippen molar-refractivity contribution in [3.63, 3.8) is 0 Å². The maximum Gasteiger partial charge on any atom is 0.280 e. The van der Waals surface area contributed by atoms with Crippen LogP contribution in [0.5, 0.6) is 0 Å². The number of hydrogen-bond donors (Lipinski definition) is 2. The van der Waals surface area contributed by atoms with Gasteiger partial charge in [0.05, 0.1) is 0 Å². The Kier molecular flexibility index (Phi) is 3.43. The fourth-order valence-electron chi connectivity index (χ4n) is 2.66. The van der Waals surface area contributed by atoms with Crippen LogP contribution in [0, 0.1) is 5.41 Å². The zero-order valence-corrected chi connectivity index (χ0v) is 10.9. The van der Waals surface area contributed by atoms with E-state index in [-0.39, 0.29) is 5.56 Å². The molecule has 17 heavy (non-hydrogen) atoms. The lowest BCUT2D eigenvalue weighted by atomic mass is 9.81. The third-order valence-electron chi connectivity index (χ3n) is 3.30. The summed E-state index contributed by atoms with van der Waals surface area (Å²) in [5, 5.41) is 5.93. The van der Waals surface area contributed by atoms with E-state index in [1.165, 1.54) is 0 Å². The van der Waals surface area contributed by atoms with E-state index >= 15 is 0 Å². The Hall–Kier alpha value is -1.03. The first-order chi connectivity index (χ1) is 7.94. The van der Waals surface area contributed by atoms with Crippen LogP contribution in [0.1, 0.15) is 51.7 Å². The highest BCUT2D eigenvalue weighted by molar-refractivity contribution is 5.05. The van der Waals surface area contributed by atoms with Crippen LogP contribution in [0.2, 0.25) is 0 Å². The van der Waals surface area contributed by atoms with Gasteiger partial charge in [-0.2, -0.15) is 5.16 Å². The first kappa shape index (κ1) is 12.4. The van der Waals surface area contributed by atoms with E-state index in [1.807, 2.05) is 0 Å². The van der Waals surface area contributed by atoms with Crippen LogP contribution in [-0.2, 0) is 0 Å². The van der Waals surface area contributed by atoms with Crippen molar-refractivity contribution in [1.29, 1.82) is 0 Å². The Bertz CT molecular complexity index is 414. The summed E-state index contributed by atoms with van der Waals surface area (Å²) in [5.41, 5.74) is 0.198. The van der Waals surface area contributed by atoms with Crippen molar-refractivity contribution in [1.82, 2.24) is 10.5 Å². The van der Waals surface area contributed by atoms with Gasteiger partial charge < -0.3 is 9.84 Å². The molecule has 0 saturated carbocycles. The van der Waals surface area contributed by atoms with E-state index in [1.54, 1.807) is 6.07 Å². The highest BCUT2D eigenvalue weighted by atomic mass is 16.5. The minimum Gasteiger partial charge on any atom is -0.383 e. The van der Waals surface area contributed by atoms with Gasteiger partial charge in [-0.1, -0.05) is 20.8 Å². The summed E-state index contributed by atoms with van der Waals surface area (Å²) < 4.78 is 5.22. The smallest absolute Gasteiger partial charge is 0.280 e. The molecule has 1 aliphatic heterocycles. The minimum atomic E-state index is -0.133. The molecule has 2 heterocycles. The standard InChI is InChI=1S/C13H22N2O2/c1-13(2,3)8-10-6-9(4-5-14-10)11-7-12(16)15-17-11/h7,9-10,14H,4-6,8H2,1-3H3,(H,15,16)/t9-,10-/m1/s1. The van der Waals surface area contributed by atoms with E-state index < -0.39 is 0 Å². The molecule has 0 aliphatic carbocycles. The van der Waals surface area contributed by atoms with Crippen molar-refractivity contribution in [2.75, 3.05) is 6.54 Å². The predicted molar refractivity (Wildman–Crippen MR) is 67.2 cm³/mol. The molecule has 1 aromatic heterocycles. The summed E-state index contributed by atoms with van der Waals surface area (Å²) >= 11 is 0. The van der Waals surface area contributed by atoms with E-state index in [0.717, 1.165) is 31.6 Å². The van der Waals surface area contributed by atoms with Crippen LogP contribution in [-0.4, -0.2) is 17.7 Å². The molecular formula is C13H22N2O2. The molecule has 0 unspecified atom stereocenters. The second kappa shape index (κ2) is 4.69. The molecule has 0 spiro atoms. The number of hydrogen-bond acceptors (Lipinski definition) is 3. The second-order valence-corrected chi connectivity index (χ2v) is 6.25. The number of piperidine rings is 1. The van der Waals surface area contributed by atoms with Gasteiger partial charge in [0.1, 0.15) is 5.76 Å². The molecule has 1 saturated heterocycles. The van der Waals surface area contributed by atoms with E-state index in [9.17, 15) is 4.79 Å². The Morgan fingerprint density at radius 2 is 2.24 bits per heavy atom. The van der Waals surface area contributed by atoms with Gasteiger partial charge >= 0.3 is 0 Å². The third-order valence-corrected chi connectivity index (χ3v) is 3.30. The fraction of sp³-hybridized carbons (Fsp3) is 0.769. The summed E-state index contributed by atoms with van der Waals surface area (Å²) in [6, 6.07) is 2.11. The van der Waals surface area contributed by atoms with Gasteiger partial charge in [0.2, 0.25) is 0 Å². The minimum absolute atomic E-state index is 0.133. The van der Waals surface area contributed by atoms with Gasteiger partial charge in [-0.15, -0.1) is 0 Å². The average molecular weight is 238 g/mol. The van der Waals surface area contributed by atoms with Gasteiger partial charge in [-0.25, -0.2) is 0 Å². The average Bonchev–Trinajstić information content (AvgIpc) is 2.63. The van der Waals surface area contributed by atoms with E-state index in [0.29, 0.717) is 17.4 Å². The summed E-state index contributed by atoms with van der Waals surface area (Å²) in [7, 11) is 0. The monoisotopic (exact) mass is 238 g/mol. The van der Waals surface area contributed by atoms with Gasteiger partial charge in [0.15, 0.2) is 0 Å². The maximum absolute atomic E-state index is 11.1. The van der Waals surface area contributed by atoms with Gasteiger partial charge in [0.25, 0.3) is 5.56 Å². The first-order valence-corrected chi connectivity index (χ1v) is 6.36. The Labute approximate surface area is 102 Å². The maximum atomic E-state index is 11.1. The molecule has 2 rings (SSSR count). The number of aromatic amines is 1. The van der Waals surface area contributed by atoms with Crippen LogP contribution < -0.4 is 10.9 Å². The molecule has 1 fully saturated rings. The van der Waals surface area contributed by atoms with Crippen LogP contribution in [0.25, 0.3) is 0 Å². The topological polar surface area (TPSA) is 58.0 Å². The van der Waals surface area contributed by atoms with Crippen LogP contribution in [0.15, 0.2) is 15.4 Å². The molecule has 96 valence electrons. The molecule has 2 atom stereocenters. The lowest BCUT2D eigenvalue weighted by Gasteiger charge is -2.33. The fourth-order valence-corrected chi connectivity index (χ4v) is 2.66. The normalized spacial score (nSPS) is 26.1. The number of H-pyrrole nitrogens is 1. The third kappa shape index (κ3) is 3.46. The van der Waals surface area contributed by atoms with Crippen LogP contribution in [0.3, 0.4) is 0 Å². The molecule has 1 aliphatic rings. The van der Waals surface area contributed by atoms with Crippen molar-refractivity contribution in [3.05, 3.63) is 22.2 Å². The molecule has 0 amide bonds. The Morgan fingerprint density at radius 1 is 1.47 bits per heavy atom.